The number of carbonyl (C=O) groups is 1. The summed E-state index contributed by atoms with van der Waals surface area (Å²) in [6, 6.07) is 14.3. The number of rotatable bonds is 7. The lowest BCUT2D eigenvalue weighted by molar-refractivity contribution is 0.184. The number of aromatic nitrogens is 2. The third-order valence-corrected chi connectivity index (χ3v) is 6.06. The number of amides is 2. The maximum Gasteiger partial charge on any atom is 0.322 e. The van der Waals surface area contributed by atoms with Crippen molar-refractivity contribution < 1.29 is 4.79 Å². The number of hydrogen-bond acceptors (Lipinski definition) is 3. The topological polar surface area (TPSA) is 67.2 Å². The second-order valence-electron chi connectivity index (χ2n) is 8.00. The van der Waals surface area contributed by atoms with Gasteiger partial charge in [0.1, 0.15) is 5.82 Å². The molecular weight excluding hydrogens is 456 g/mol. The number of urea groups is 1. The molecule has 0 aliphatic carbocycles. The minimum atomic E-state index is -0.376. The number of benzene rings is 2. The SMILES string of the molecule is CCn1c(C(C)N(CCC(C)C)C(=O)Nc2ccccc2Br)nc2ccccc2c1=O. The fraction of sp³-hybridized carbons (Fsp3) is 0.375. The van der Waals surface area contributed by atoms with Gasteiger partial charge in [-0.05, 0) is 66.4 Å². The first-order chi connectivity index (χ1) is 14.8. The van der Waals surface area contributed by atoms with Crippen molar-refractivity contribution in [3.8, 4) is 0 Å². The number of nitrogens with zero attached hydrogens (tertiary/aromatic N) is 3. The van der Waals surface area contributed by atoms with E-state index in [1.807, 2.05) is 56.3 Å². The fourth-order valence-electron chi connectivity index (χ4n) is 3.57. The quantitative estimate of drug-likeness (QED) is 0.459. The molecule has 1 N–H and O–H groups in total. The third-order valence-electron chi connectivity index (χ3n) is 5.37. The van der Waals surface area contributed by atoms with Crippen molar-refractivity contribution in [2.24, 2.45) is 5.92 Å². The Kier molecular flexibility index (Phi) is 7.49. The average Bonchev–Trinajstić information content (AvgIpc) is 2.75. The number of nitrogens with one attached hydrogen (secondary N) is 1. The molecule has 0 spiro atoms. The highest BCUT2D eigenvalue weighted by Crippen LogP contribution is 2.25. The molecule has 164 valence electrons. The first kappa shape index (κ1) is 23.0. The molecule has 3 rings (SSSR count). The smallest absolute Gasteiger partial charge is 0.315 e. The second kappa shape index (κ2) is 10.1. The number of halogens is 1. The van der Waals surface area contributed by atoms with Gasteiger partial charge < -0.3 is 10.2 Å². The zero-order valence-corrected chi connectivity index (χ0v) is 20.0. The molecule has 1 aromatic heterocycles. The minimum Gasteiger partial charge on any atom is -0.315 e. The molecular formula is C24H29BrN4O2. The molecule has 1 atom stereocenters. The Hall–Kier alpha value is -2.67. The molecule has 0 bridgehead atoms. The Morgan fingerprint density at radius 3 is 2.48 bits per heavy atom. The summed E-state index contributed by atoms with van der Waals surface area (Å²) in [5.74, 6) is 1.03. The lowest BCUT2D eigenvalue weighted by Gasteiger charge is -2.31. The maximum absolute atomic E-state index is 13.3. The van der Waals surface area contributed by atoms with Gasteiger partial charge in [-0.2, -0.15) is 0 Å². The van der Waals surface area contributed by atoms with E-state index in [0.29, 0.717) is 41.4 Å². The molecule has 0 saturated heterocycles. The molecule has 3 aromatic rings. The largest absolute Gasteiger partial charge is 0.322 e. The molecule has 0 radical (unpaired) electrons. The van der Waals surface area contributed by atoms with E-state index in [9.17, 15) is 9.59 Å². The summed E-state index contributed by atoms with van der Waals surface area (Å²) in [5, 5.41) is 3.59. The number of fused-ring (bicyclic) bond motifs is 1. The standard InChI is InChI=1S/C24H29BrN4O2/c1-5-28-22(26-20-12-8-6-10-18(20)23(28)30)17(4)29(15-14-16(2)3)24(31)27-21-13-9-7-11-19(21)25/h6-13,16-17H,5,14-15H2,1-4H3,(H,27,31). The summed E-state index contributed by atoms with van der Waals surface area (Å²) in [4.78, 5) is 33.0. The summed E-state index contributed by atoms with van der Waals surface area (Å²) in [6.45, 7) is 9.16. The van der Waals surface area contributed by atoms with Crippen molar-refractivity contribution >= 4 is 38.6 Å². The molecule has 1 heterocycles. The monoisotopic (exact) mass is 484 g/mol. The predicted molar refractivity (Wildman–Crippen MR) is 129 cm³/mol. The molecule has 6 nitrogen and oxygen atoms in total. The van der Waals surface area contributed by atoms with Gasteiger partial charge in [-0.25, -0.2) is 9.78 Å². The Morgan fingerprint density at radius 1 is 1.13 bits per heavy atom. The normalized spacial score (nSPS) is 12.2. The van der Waals surface area contributed by atoms with Crippen LogP contribution in [0.5, 0.6) is 0 Å². The first-order valence-corrected chi connectivity index (χ1v) is 11.4. The molecule has 0 aliphatic rings. The molecule has 2 aromatic carbocycles. The highest BCUT2D eigenvalue weighted by atomic mass is 79.9. The van der Waals surface area contributed by atoms with E-state index in [-0.39, 0.29) is 17.6 Å². The Balaban J connectivity index is 2.02. The van der Waals surface area contributed by atoms with E-state index in [2.05, 4.69) is 35.1 Å². The average molecular weight is 485 g/mol. The number of carbonyl (C=O) groups excluding carboxylic acids is 1. The van der Waals surface area contributed by atoms with E-state index < -0.39 is 0 Å². The van der Waals surface area contributed by atoms with Crippen LogP contribution in [0.2, 0.25) is 0 Å². The Morgan fingerprint density at radius 2 is 1.81 bits per heavy atom. The van der Waals surface area contributed by atoms with E-state index in [1.54, 1.807) is 15.5 Å². The molecule has 0 saturated carbocycles. The molecule has 1 unspecified atom stereocenters. The third kappa shape index (κ3) is 5.15. The lowest BCUT2D eigenvalue weighted by Crippen LogP contribution is -2.41. The van der Waals surface area contributed by atoms with E-state index >= 15 is 0 Å². The van der Waals surface area contributed by atoms with Crippen LogP contribution in [0, 0.1) is 5.92 Å². The van der Waals surface area contributed by atoms with Crippen LogP contribution in [-0.2, 0) is 6.54 Å². The van der Waals surface area contributed by atoms with E-state index in [0.717, 1.165) is 10.9 Å². The van der Waals surface area contributed by atoms with Crippen LogP contribution in [0.3, 0.4) is 0 Å². The van der Waals surface area contributed by atoms with Crippen molar-refractivity contribution in [2.45, 2.75) is 46.7 Å². The highest BCUT2D eigenvalue weighted by molar-refractivity contribution is 9.10. The predicted octanol–water partition coefficient (Wildman–Crippen LogP) is 5.82. The minimum absolute atomic E-state index is 0.0787. The summed E-state index contributed by atoms with van der Waals surface area (Å²) in [5.41, 5.74) is 1.27. The van der Waals surface area contributed by atoms with Gasteiger partial charge in [0, 0.05) is 17.6 Å². The van der Waals surface area contributed by atoms with Crippen LogP contribution in [-0.4, -0.2) is 27.0 Å². The van der Waals surface area contributed by atoms with Crippen molar-refractivity contribution in [3.63, 3.8) is 0 Å². The van der Waals surface area contributed by atoms with Crippen LogP contribution in [0.1, 0.15) is 46.0 Å². The van der Waals surface area contributed by atoms with Crippen LogP contribution < -0.4 is 10.9 Å². The van der Waals surface area contributed by atoms with Gasteiger partial charge in [-0.3, -0.25) is 9.36 Å². The lowest BCUT2D eigenvalue weighted by atomic mass is 10.1. The summed E-state index contributed by atoms with van der Waals surface area (Å²) in [6.07, 6.45) is 0.845. The zero-order valence-electron chi connectivity index (χ0n) is 18.4. The first-order valence-electron chi connectivity index (χ1n) is 10.6. The van der Waals surface area contributed by atoms with Gasteiger partial charge in [0.2, 0.25) is 0 Å². The van der Waals surface area contributed by atoms with Crippen LogP contribution in [0.4, 0.5) is 10.5 Å². The van der Waals surface area contributed by atoms with Crippen molar-refractivity contribution in [2.75, 3.05) is 11.9 Å². The number of anilines is 1. The van der Waals surface area contributed by atoms with Crippen molar-refractivity contribution in [1.29, 1.82) is 0 Å². The molecule has 2 amide bonds. The van der Waals surface area contributed by atoms with Gasteiger partial charge in [0.25, 0.3) is 5.56 Å². The van der Waals surface area contributed by atoms with Crippen molar-refractivity contribution in [1.82, 2.24) is 14.5 Å². The van der Waals surface area contributed by atoms with Crippen molar-refractivity contribution in [3.05, 3.63) is 69.2 Å². The maximum atomic E-state index is 13.3. The number of hydrogen-bond donors (Lipinski definition) is 1. The summed E-state index contributed by atoms with van der Waals surface area (Å²) in [7, 11) is 0. The molecule has 7 heteroatoms. The summed E-state index contributed by atoms with van der Waals surface area (Å²) < 4.78 is 2.48. The van der Waals surface area contributed by atoms with Gasteiger partial charge in [0.05, 0.1) is 22.6 Å². The number of para-hydroxylation sites is 2. The van der Waals surface area contributed by atoms with E-state index in [4.69, 9.17) is 4.98 Å². The van der Waals surface area contributed by atoms with E-state index in [1.165, 1.54) is 0 Å². The highest BCUT2D eigenvalue weighted by Gasteiger charge is 2.26. The van der Waals surface area contributed by atoms with Crippen LogP contribution in [0.25, 0.3) is 10.9 Å². The fourth-order valence-corrected chi connectivity index (χ4v) is 3.95. The molecule has 0 aliphatic heterocycles. The Labute approximate surface area is 191 Å². The molecule has 31 heavy (non-hydrogen) atoms. The summed E-state index contributed by atoms with van der Waals surface area (Å²) >= 11 is 3.49. The van der Waals surface area contributed by atoms with Gasteiger partial charge in [-0.1, -0.05) is 38.1 Å². The zero-order chi connectivity index (χ0) is 22.5. The van der Waals surface area contributed by atoms with Gasteiger partial charge >= 0.3 is 6.03 Å². The molecule has 0 fully saturated rings. The van der Waals surface area contributed by atoms with Crippen LogP contribution in [0.15, 0.2) is 57.8 Å². The second-order valence-corrected chi connectivity index (χ2v) is 8.85. The van der Waals surface area contributed by atoms with Crippen LogP contribution >= 0.6 is 15.9 Å². The van der Waals surface area contributed by atoms with Gasteiger partial charge in [0.15, 0.2) is 0 Å². The van der Waals surface area contributed by atoms with Gasteiger partial charge in [-0.15, -0.1) is 0 Å². The Bertz CT molecular complexity index is 1130.